The summed E-state index contributed by atoms with van der Waals surface area (Å²) in [6.07, 6.45) is 4.47. The number of hydrogen-bond acceptors (Lipinski definition) is 3. The number of nitrogens with two attached hydrogens (primary N) is 1. The lowest BCUT2D eigenvalue weighted by atomic mass is 9.87. The van der Waals surface area contributed by atoms with Crippen LogP contribution < -0.4 is 5.73 Å². The highest BCUT2D eigenvalue weighted by Gasteiger charge is 2.31. The molecule has 1 atom stereocenters. The van der Waals surface area contributed by atoms with E-state index < -0.39 is 6.04 Å². The van der Waals surface area contributed by atoms with Gasteiger partial charge < -0.3 is 10.5 Å². The van der Waals surface area contributed by atoms with Gasteiger partial charge in [0.05, 0.1) is 0 Å². The molecular formula is C11H21NO2. The van der Waals surface area contributed by atoms with Crippen LogP contribution in [0.5, 0.6) is 0 Å². The van der Waals surface area contributed by atoms with Crippen molar-refractivity contribution >= 4 is 5.97 Å². The van der Waals surface area contributed by atoms with Crippen LogP contribution in [0.3, 0.4) is 0 Å². The van der Waals surface area contributed by atoms with Gasteiger partial charge in [0, 0.05) is 0 Å². The molecule has 0 aromatic carbocycles. The van der Waals surface area contributed by atoms with E-state index in [1.165, 1.54) is 12.8 Å². The standard InChI is InChI=1S/C11H21NO2/c1-11(2,3)9(12)10(13)14-8-6-4-5-7-8/h8-9H,4-7,12H2,1-3H3. The van der Waals surface area contributed by atoms with E-state index in [0.717, 1.165) is 12.8 Å². The lowest BCUT2D eigenvalue weighted by molar-refractivity contribution is -0.152. The number of carbonyl (C=O) groups excluding carboxylic acids is 1. The first kappa shape index (κ1) is 11.5. The largest absolute Gasteiger partial charge is 0.461 e. The fourth-order valence-corrected chi connectivity index (χ4v) is 1.60. The molecule has 2 N–H and O–H groups in total. The number of rotatable bonds is 2. The zero-order chi connectivity index (χ0) is 10.8. The first-order valence-electron chi connectivity index (χ1n) is 5.37. The van der Waals surface area contributed by atoms with Gasteiger partial charge in [-0.3, -0.25) is 4.79 Å². The summed E-state index contributed by atoms with van der Waals surface area (Å²) >= 11 is 0. The highest BCUT2D eigenvalue weighted by Crippen LogP contribution is 2.24. The summed E-state index contributed by atoms with van der Waals surface area (Å²) in [5.41, 5.74) is 5.59. The van der Waals surface area contributed by atoms with Gasteiger partial charge in [-0.05, 0) is 31.1 Å². The molecule has 1 unspecified atom stereocenters. The SMILES string of the molecule is CC(C)(C)C(N)C(=O)OC1CCCC1. The van der Waals surface area contributed by atoms with Crippen LogP contribution in [0, 0.1) is 5.41 Å². The van der Waals surface area contributed by atoms with Crippen LogP contribution in [0.2, 0.25) is 0 Å². The summed E-state index contributed by atoms with van der Waals surface area (Å²) in [6.45, 7) is 5.86. The second kappa shape index (κ2) is 4.30. The van der Waals surface area contributed by atoms with Gasteiger partial charge in [0.15, 0.2) is 0 Å². The maximum absolute atomic E-state index is 11.6. The third kappa shape index (κ3) is 2.98. The molecule has 0 saturated heterocycles. The van der Waals surface area contributed by atoms with E-state index in [1.54, 1.807) is 0 Å². The third-order valence-corrected chi connectivity index (χ3v) is 2.77. The molecule has 0 spiro atoms. The maximum Gasteiger partial charge on any atom is 0.323 e. The molecular weight excluding hydrogens is 178 g/mol. The molecule has 3 nitrogen and oxygen atoms in total. The van der Waals surface area contributed by atoms with Crippen LogP contribution in [0.1, 0.15) is 46.5 Å². The van der Waals surface area contributed by atoms with Gasteiger partial charge in [0.2, 0.25) is 0 Å². The van der Waals surface area contributed by atoms with Crippen molar-refractivity contribution in [1.82, 2.24) is 0 Å². The molecule has 1 rings (SSSR count). The van der Waals surface area contributed by atoms with Crippen molar-refractivity contribution in [1.29, 1.82) is 0 Å². The fourth-order valence-electron chi connectivity index (χ4n) is 1.60. The Morgan fingerprint density at radius 3 is 2.29 bits per heavy atom. The van der Waals surface area contributed by atoms with E-state index in [-0.39, 0.29) is 17.5 Å². The molecule has 0 aromatic rings. The summed E-state index contributed by atoms with van der Waals surface area (Å²) in [6, 6.07) is -0.511. The van der Waals surface area contributed by atoms with Crippen LogP contribution in [-0.2, 0) is 9.53 Å². The van der Waals surface area contributed by atoms with Crippen molar-refractivity contribution in [3.05, 3.63) is 0 Å². The molecule has 14 heavy (non-hydrogen) atoms. The Morgan fingerprint density at radius 2 is 1.86 bits per heavy atom. The summed E-state index contributed by atoms with van der Waals surface area (Å²) in [7, 11) is 0. The second-order valence-corrected chi connectivity index (χ2v) is 5.19. The minimum Gasteiger partial charge on any atom is -0.461 e. The third-order valence-electron chi connectivity index (χ3n) is 2.77. The molecule has 3 heteroatoms. The van der Waals surface area contributed by atoms with Gasteiger partial charge in [-0.25, -0.2) is 0 Å². The maximum atomic E-state index is 11.6. The predicted molar refractivity (Wildman–Crippen MR) is 55.8 cm³/mol. The molecule has 0 aliphatic heterocycles. The molecule has 0 heterocycles. The van der Waals surface area contributed by atoms with Crippen molar-refractivity contribution in [2.45, 2.75) is 58.6 Å². The van der Waals surface area contributed by atoms with Crippen LogP contribution >= 0.6 is 0 Å². The molecule has 0 bridgehead atoms. The van der Waals surface area contributed by atoms with Gasteiger partial charge in [0.1, 0.15) is 12.1 Å². The predicted octanol–water partition coefficient (Wildman–Crippen LogP) is 1.85. The van der Waals surface area contributed by atoms with Crippen molar-refractivity contribution < 1.29 is 9.53 Å². The first-order chi connectivity index (χ1) is 6.41. The highest BCUT2D eigenvalue weighted by atomic mass is 16.5. The second-order valence-electron chi connectivity index (χ2n) is 5.19. The number of hydrogen-bond donors (Lipinski definition) is 1. The van der Waals surface area contributed by atoms with Crippen LogP contribution in [0.25, 0.3) is 0 Å². The first-order valence-corrected chi connectivity index (χ1v) is 5.37. The van der Waals surface area contributed by atoms with E-state index in [1.807, 2.05) is 20.8 Å². The van der Waals surface area contributed by atoms with Gasteiger partial charge in [-0.1, -0.05) is 20.8 Å². The Balaban J connectivity index is 2.41. The normalized spacial score (nSPS) is 20.9. The number of ether oxygens (including phenoxy) is 1. The summed E-state index contributed by atoms with van der Waals surface area (Å²) in [5.74, 6) is -0.246. The van der Waals surface area contributed by atoms with Gasteiger partial charge in [0.25, 0.3) is 0 Å². The smallest absolute Gasteiger partial charge is 0.323 e. The van der Waals surface area contributed by atoms with E-state index in [2.05, 4.69) is 0 Å². The van der Waals surface area contributed by atoms with Crippen LogP contribution in [0.15, 0.2) is 0 Å². The summed E-state index contributed by atoms with van der Waals surface area (Å²) < 4.78 is 5.34. The Labute approximate surface area is 86.0 Å². The van der Waals surface area contributed by atoms with Crippen molar-refractivity contribution in [2.75, 3.05) is 0 Å². The van der Waals surface area contributed by atoms with Crippen molar-refractivity contribution in [3.8, 4) is 0 Å². The van der Waals surface area contributed by atoms with E-state index in [4.69, 9.17) is 10.5 Å². The van der Waals surface area contributed by atoms with Crippen LogP contribution in [-0.4, -0.2) is 18.1 Å². The van der Waals surface area contributed by atoms with E-state index in [9.17, 15) is 4.79 Å². The van der Waals surface area contributed by atoms with E-state index in [0.29, 0.717) is 0 Å². The number of carbonyl (C=O) groups is 1. The molecule has 1 saturated carbocycles. The van der Waals surface area contributed by atoms with Crippen molar-refractivity contribution in [3.63, 3.8) is 0 Å². The summed E-state index contributed by atoms with van der Waals surface area (Å²) in [4.78, 5) is 11.6. The lowest BCUT2D eigenvalue weighted by Crippen LogP contribution is -2.44. The monoisotopic (exact) mass is 199 g/mol. The van der Waals surface area contributed by atoms with Crippen LogP contribution in [0.4, 0.5) is 0 Å². The van der Waals surface area contributed by atoms with Gasteiger partial charge in [-0.15, -0.1) is 0 Å². The topological polar surface area (TPSA) is 52.3 Å². The van der Waals surface area contributed by atoms with Gasteiger partial charge in [-0.2, -0.15) is 0 Å². The Hall–Kier alpha value is -0.570. The number of esters is 1. The zero-order valence-corrected chi connectivity index (χ0v) is 9.38. The van der Waals surface area contributed by atoms with Crippen molar-refractivity contribution in [2.24, 2.45) is 11.1 Å². The Kier molecular flexibility index (Phi) is 3.53. The molecule has 0 radical (unpaired) electrons. The average Bonchev–Trinajstić information content (AvgIpc) is 2.53. The minimum atomic E-state index is -0.511. The fraction of sp³-hybridized carbons (Fsp3) is 0.909. The Morgan fingerprint density at radius 1 is 1.36 bits per heavy atom. The lowest BCUT2D eigenvalue weighted by Gasteiger charge is -2.26. The van der Waals surface area contributed by atoms with Gasteiger partial charge >= 0.3 is 5.97 Å². The molecule has 82 valence electrons. The average molecular weight is 199 g/mol. The van der Waals surface area contributed by atoms with E-state index >= 15 is 0 Å². The minimum absolute atomic E-state index is 0.121. The molecule has 1 aliphatic carbocycles. The molecule has 1 fully saturated rings. The molecule has 0 aromatic heterocycles. The highest BCUT2D eigenvalue weighted by molar-refractivity contribution is 5.76. The zero-order valence-electron chi connectivity index (χ0n) is 9.38. The summed E-state index contributed by atoms with van der Waals surface area (Å²) in [5, 5.41) is 0. The molecule has 1 aliphatic rings. The quantitative estimate of drug-likeness (QED) is 0.690. The molecule has 0 amide bonds. The Bertz CT molecular complexity index is 202.